The fourth-order valence-corrected chi connectivity index (χ4v) is 6.63. The van der Waals surface area contributed by atoms with Gasteiger partial charge >= 0.3 is 0 Å². The molecule has 1 aliphatic rings. The third kappa shape index (κ3) is 7.91. The third-order valence-electron chi connectivity index (χ3n) is 7.92. The monoisotopic (exact) mass is 612 g/mol. The van der Waals surface area contributed by atoms with Gasteiger partial charge in [-0.2, -0.15) is 0 Å². The van der Waals surface area contributed by atoms with E-state index in [-0.39, 0.29) is 24.4 Å². The Balaban J connectivity index is 1.30. The lowest BCUT2D eigenvalue weighted by atomic mass is 9.99. The van der Waals surface area contributed by atoms with Gasteiger partial charge in [-0.1, -0.05) is 42.5 Å². The number of amides is 2. The second kappa shape index (κ2) is 14.6. The molecular formula is C35H40N4O4S. The number of aryl methyl sites for hydroxylation is 2. The van der Waals surface area contributed by atoms with E-state index in [0.29, 0.717) is 30.6 Å². The molecule has 0 aliphatic carbocycles. The molecule has 0 radical (unpaired) electrons. The number of nitrogens with zero attached hydrogens (tertiary/aromatic N) is 2. The molecule has 3 aromatic carbocycles. The summed E-state index contributed by atoms with van der Waals surface area (Å²) in [6.45, 7) is 5.33. The van der Waals surface area contributed by atoms with E-state index in [1.54, 1.807) is 30.6 Å². The molecule has 2 heterocycles. The Labute approximate surface area is 263 Å². The van der Waals surface area contributed by atoms with Crippen LogP contribution in [0, 0.1) is 13.8 Å². The van der Waals surface area contributed by atoms with Gasteiger partial charge in [-0.05, 0) is 80.1 Å². The van der Waals surface area contributed by atoms with Gasteiger partial charge in [0, 0.05) is 41.8 Å². The number of aromatic nitrogens is 1. The average Bonchev–Trinajstić information content (AvgIpc) is 3.69. The quantitative estimate of drug-likeness (QED) is 0.202. The number of carbonyl (C=O) groups excluding carboxylic acids is 2. The van der Waals surface area contributed by atoms with E-state index in [4.69, 9.17) is 4.74 Å². The highest BCUT2D eigenvalue weighted by Crippen LogP contribution is 2.35. The van der Waals surface area contributed by atoms with Crippen molar-refractivity contribution in [2.45, 2.75) is 57.8 Å². The number of methoxy groups -OCH3 is 1. The Kier molecular flexibility index (Phi) is 10.4. The van der Waals surface area contributed by atoms with Gasteiger partial charge in [-0.15, -0.1) is 11.3 Å². The van der Waals surface area contributed by atoms with E-state index in [1.165, 1.54) is 0 Å². The van der Waals surface area contributed by atoms with Crippen LogP contribution in [0.15, 0.2) is 78.2 Å². The van der Waals surface area contributed by atoms with E-state index in [0.717, 1.165) is 46.0 Å². The number of hydrogen-bond donors (Lipinski definition) is 3. The summed E-state index contributed by atoms with van der Waals surface area (Å²) < 4.78 is 5.31. The lowest BCUT2D eigenvalue weighted by molar-refractivity contribution is 0.0735. The van der Waals surface area contributed by atoms with Gasteiger partial charge in [-0.3, -0.25) is 9.59 Å². The van der Waals surface area contributed by atoms with Crippen LogP contribution >= 0.6 is 11.3 Å². The van der Waals surface area contributed by atoms with Gasteiger partial charge in [0.2, 0.25) is 0 Å². The first-order chi connectivity index (χ1) is 21.3. The SMILES string of the molecule is COc1cccc(CNC[C@@H](O)[C@H](Cc2ccccc2)NC(=O)c2cc(C)cc(C(=O)N3CCCC3c3nc(C)cs3)c2)c1. The van der Waals surface area contributed by atoms with Crippen LogP contribution in [-0.2, 0) is 13.0 Å². The third-order valence-corrected chi connectivity index (χ3v) is 8.98. The molecule has 9 heteroatoms. The highest BCUT2D eigenvalue weighted by Gasteiger charge is 2.33. The lowest BCUT2D eigenvalue weighted by Gasteiger charge is -2.26. The first kappa shape index (κ1) is 31.4. The maximum atomic E-state index is 13.7. The Morgan fingerprint density at radius 3 is 2.57 bits per heavy atom. The molecule has 1 aromatic heterocycles. The Bertz CT molecular complexity index is 1570. The summed E-state index contributed by atoms with van der Waals surface area (Å²) >= 11 is 1.59. The summed E-state index contributed by atoms with van der Waals surface area (Å²) in [6.07, 6.45) is 1.39. The lowest BCUT2D eigenvalue weighted by Crippen LogP contribution is -2.48. The molecule has 4 aromatic rings. The van der Waals surface area contributed by atoms with Crippen molar-refractivity contribution in [3.63, 3.8) is 0 Å². The predicted octanol–water partition coefficient (Wildman–Crippen LogP) is 5.24. The zero-order chi connectivity index (χ0) is 31.1. The molecule has 0 bridgehead atoms. The summed E-state index contributed by atoms with van der Waals surface area (Å²) in [7, 11) is 1.63. The molecule has 1 unspecified atom stereocenters. The van der Waals surface area contributed by atoms with Crippen LogP contribution < -0.4 is 15.4 Å². The first-order valence-corrected chi connectivity index (χ1v) is 15.9. The van der Waals surface area contributed by atoms with Gasteiger partial charge in [0.05, 0.1) is 25.3 Å². The molecule has 8 nitrogen and oxygen atoms in total. The maximum Gasteiger partial charge on any atom is 0.254 e. The van der Waals surface area contributed by atoms with Crippen molar-refractivity contribution in [1.29, 1.82) is 0 Å². The minimum atomic E-state index is -0.859. The molecule has 1 fully saturated rings. The van der Waals surface area contributed by atoms with Crippen LogP contribution in [0.3, 0.4) is 0 Å². The molecule has 1 saturated heterocycles. The topological polar surface area (TPSA) is 104 Å². The van der Waals surface area contributed by atoms with Gasteiger partial charge in [0.1, 0.15) is 10.8 Å². The van der Waals surface area contributed by atoms with Crippen molar-refractivity contribution in [2.24, 2.45) is 0 Å². The summed E-state index contributed by atoms with van der Waals surface area (Å²) in [5.41, 5.74) is 4.69. The fraction of sp³-hybridized carbons (Fsp3) is 0.343. The summed E-state index contributed by atoms with van der Waals surface area (Å²) in [4.78, 5) is 33.9. The van der Waals surface area contributed by atoms with Crippen LogP contribution in [0.25, 0.3) is 0 Å². The normalized spacial score (nSPS) is 16.0. The number of aliphatic hydroxyl groups excluding tert-OH is 1. The van der Waals surface area contributed by atoms with Crippen LogP contribution in [0.2, 0.25) is 0 Å². The molecular weight excluding hydrogens is 572 g/mol. The number of thiazole rings is 1. The van der Waals surface area contributed by atoms with E-state index >= 15 is 0 Å². The summed E-state index contributed by atoms with van der Waals surface area (Å²) in [6, 6.07) is 22.2. The molecule has 0 saturated carbocycles. The van der Waals surface area contributed by atoms with Crippen molar-refractivity contribution in [3.8, 4) is 5.75 Å². The molecule has 3 N–H and O–H groups in total. The van der Waals surface area contributed by atoms with E-state index in [9.17, 15) is 14.7 Å². The Morgan fingerprint density at radius 2 is 1.82 bits per heavy atom. The van der Waals surface area contributed by atoms with Crippen molar-refractivity contribution >= 4 is 23.2 Å². The van der Waals surface area contributed by atoms with Crippen LogP contribution in [0.1, 0.15) is 67.0 Å². The van der Waals surface area contributed by atoms with E-state index < -0.39 is 12.1 Å². The molecule has 2 amide bonds. The number of aliphatic hydroxyl groups is 1. The molecule has 3 atom stereocenters. The highest BCUT2D eigenvalue weighted by molar-refractivity contribution is 7.09. The highest BCUT2D eigenvalue weighted by atomic mass is 32.1. The van der Waals surface area contributed by atoms with E-state index in [2.05, 4.69) is 15.6 Å². The summed E-state index contributed by atoms with van der Waals surface area (Å²) in [5.74, 6) is 0.346. The van der Waals surface area contributed by atoms with Gasteiger partial charge in [0.15, 0.2) is 0 Å². The number of rotatable bonds is 12. The zero-order valence-electron chi connectivity index (χ0n) is 25.5. The minimum absolute atomic E-state index is 0.0474. The fourth-order valence-electron chi connectivity index (χ4n) is 5.69. The second-order valence-corrected chi connectivity index (χ2v) is 12.3. The van der Waals surface area contributed by atoms with Crippen LogP contribution in [-0.4, -0.2) is 59.1 Å². The zero-order valence-corrected chi connectivity index (χ0v) is 26.3. The maximum absolute atomic E-state index is 13.7. The predicted molar refractivity (Wildman–Crippen MR) is 173 cm³/mol. The molecule has 1 aliphatic heterocycles. The van der Waals surface area contributed by atoms with Crippen molar-refractivity contribution in [2.75, 3.05) is 20.2 Å². The Morgan fingerprint density at radius 1 is 1.05 bits per heavy atom. The largest absolute Gasteiger partial charge is 0.497 e. The molecule has 230 valence electrons. The average molecular weight is 613 g/mol. The molecule has 44 heavy (non-hydrogen) atoms. The molecule has 5 rings (SSSR count). The Hall–Kier alpha value is -4.05. The van der Waals surface area contributed by atoms with Gasteiger partial charge in [-0.25, -0.2) is 4.98 Å². The van der Waals surface area contributed by atoms with Crippen LogP contribution in [0.4, 0.5) is 0 Å². The van der Waals surface area contributed by atoms with Gasteiger partial charge in [0.25, 0.3) is 11.8 Å². The summed E-state index contributed by atoms with van der Waals surface area (Å²) in [5, 5.41) is 20.6. The van der Waals surface area contributed by atoms with Crippen molar-refractivity contribution in [1.82, 2.24) is 20.5 Å². The molecule has 0 spiro atoms. The first-order valence-electron chi connectivity index (χ1n) is 15.0. The minimum Gasteiger partial charge on any atom is -0.497 e. The number of ether oxygens (including phenoxy) is 1. The standard InChI is InChI=1S/C35H40N4O4S/c1-23-15-27(19-28(16-23)35(42)39-14-8-13-31(39)34-37-24(2)22-44-34)33(41)38-30(18-25-9-5-4-6-10-25)32(40)21-36-20-26-11-7-12-29(17-26)43-3/h4-7,9-12,15-17,19,22,30-32,36,40H,8,13-14,18,20-21H2,1-3H3,(H,38,41)/t30-,31?,32+/m0/s1. The van der Waals surface area contributed by atoms with E-state index in [1.807, 2.05) is 84.8 Å². The number of benzene rings is 3. The van der Waals surface area contributed by atoms with Crippen molar-refractivity contribution in [3.05, 3.63) is 117 Å². The van der Waals surface area contributed by atoms with Crippen molar-refractivity contribution < 1.29 is 19.4 Å². The number of carbonyl (C=O) groups is 2. The smallest absolute Gasteiger partial charge is 0.254 e. The van der Waals surface area contributed by atoms with Gasteiger partial charge < -0.3 is 25.4 Å². The van der Waals surface area contributed by atoms with Crippen LogP contribution in [0.5, 0.6) is 5.75 Å². The number of nitrogens with one attached hydrogen (secondary N) is 2. The number of hydrogen-bond acceptors (Lipinski definition) is 7. The number of likely N-dealkylation sites (tertiary alicyclic amines) is 1. The second-order valence-electron chi connectivity index (χ2n) is 11.4.